The second kappa shape index (κ2) is 11.9. The van der Waals surface area contributed by atoms with Crippen LogP contribution in [-0.4, -0.2) is 18.1 Å². The third-order valence-electron chi connectivity index (χ3n) is 5.02. The third kappa shape index (κ3) is 7.66. The van der Waals surface area contributed by atoms with Crippen LogP contribution in [0.15, 0.2) is 30.5 Å². The van der Waals surface area contributed by atoms with Crippen LogP contribution in [0.4, 0.5) is 18.9 Å². The molecule has 0 fully saturated rings. The zero-order valence-corrected chi connectivity index (χ0v) is 16.5. The van der Waals surface area contributed by atoms with E-state index in [9.17, 15) is 13.2 Å². The average Bonchev–Trinajstić information content (AvgIpc) is 2.67. The van der Waals surface area contributed by atoms with Gasteiger partial charge in [0.2, 0.25) is 0 Å². The molecule has 1 aromatic carbocycles. The van der Waals surface area contributed by atoms with Crippen molar-refractivity contribution in [2.75, 3.05) is 18.4 Å². The van der Waals surface area contributed by atoms with Gasteiger partial charge < -0.3 is 11.1 Å². The van der Waals surface area contributed by atoms with Crippen molar-refractivity contribution in [2.24, 2.45) is 5.73 Å². The van der Waals surface area contributed by atoms with Crippen LogP contribution >= 0.6 is 0 Å². The van der Waals surface area contributed by atoms with E-state index >= 15 is 0 Å². The van der Waals surface area contributed by atoms with Crippen molar-refractivity contribution in [1.82, 2.24) is 4.98 Å². The number of aromatic nitrogens is 1. The fourth-order valence-electron chi connectivity index (χ4n) is 3.39. The number of halogens is 3. The number of nitrogens with one attached hydrogen (secondary N) is 1. The van der Waals surface area contributed by atoms with Crippen LogP contribution in [0, 0.1) is 0 Å². The zero-order chi connectivity index (χ0) is 20.2. The number of hydrogen-bond acceptors (Lipinski definition) is 3. The van der Waals surface area contributed by atoms with E-state index < -0.39 is 11.7 Å². The van der Waals surface area contributed by atoms with Crippen molar-refractivity contribution in [1.29, 1.82) is 0 Å². The summed E-state index contributed by atoms with van der Waals surface area (Å²) in [6.45, 7) is 1.62. The normalized spacial score (nSPS) is 11.9. The molecular weight excluding hydrogens is 363 g/mol. The Labute approximate surface area is 165 Å². The maximum absolute atomic E-state index is 12.8. The van der Waals surface area contributed by atoms with Gasteiger partial charge in [0.15, 0.2) is 0 Å². The lowest BCUT2D eigenvalue weighted by Gasteiger charge is -2.11. The molecule has 0 amide bonds. The molecule has 1 aromatic heterocycles. The van der Waals surface area contributed by atoms with Crippen LogP contribution in [0.3, 0.4) is 0 Å². The van der Waals surface area contributed by atoms with Crippen molar-refractivity contribution in [2.45, 2.75) is 70.4 Å². The highest BCUT2D eigenvalue weighted by Gasteiger charge is 2.30. The van der Waals surface area contributed by atoms with Gasteiger partial charge in [0.25, 0.3) is 0 Å². The minimum Gasteiger partial charge on any atom is -0.384 e. The van der Waals surface area contributed by atoms with E-state index in [1.54, 1.807) is 6.20 Å². The molecule has 3 nitrogen and oxygen atoms in total. The third-order valence-corrected chi connectivity index (χ3v) is 5.02. The summed E-state index contributed by atoms with van der Waals surface area (Å²) in [4.78, 5) is 4.08. The SMILES string of the molecule is NCCCCCCCCCCCCNc1ccnc2cc(C(F)(F)F)ccc12. The molecule has 1 heterocycles. The summed E-state index contributed by atoms with van der Waals surface area (Å²) < 4.78 is 38.5. The first kappa shape index (κ1) is 22.5. The molecule has 0 radical (unpaired) electrons. The molecule has 156 valence electrons. The molecule has 0 bridgehead atoms. The maximum atomic E-state index is 12.8. The summed E-state index contributed by atoms with van der Waals surface area (Å²) >= 11 is 0. The quantitative estimate of drug-likeness (QED) is 0.379. The molecule has 2 aromatic rings. The summed E-state index contributed by atoms with van der Waals surface area (Å²) in [5.74, 6) is 0. The van der Waals surface area contributed by atoms with Crippen LogP contribution in [0.2, 0.25) is 0 Å². The van der Waals surface area contributed by atoms with E-state index in [1.807, 2.05) is 6.07 Å². The number of nitrogens with two attached hydrogens (primary N) is 1. The van der Waals surface area contributed by atoms with Gasteiger partial charge in [-0.1, -0.05) is 57.4 Å². The van der Waals surface area contributed by atoms with Crippen molar-refractivity contribution in [3.63, 3.8) is 0 Å². The second-order valence-corrected chi connectivity index (χ2v) is 7.34. The van der Waals surface area contributed by atoms with E-state index in [0.29, 0.717) is 5.52 Å². The molecule has 3 N–H and O–H groups in total. The van der Waals surface area contributed by atoms with Crippen LogP contribution in [-0.2, 0) is 6.18 Å². The Hall–Kier alpha value is -1.82. The molecule has 0 aliphatic heterocycles. The van der Waals surface area contributed by atoms with E-state index in [1.165, 1.54) is 57.4 Å². The minimum absolute atomic E-state index is 0.367. The van der Waals surface area contributed by atoms with Gasteiger partial charge in [-0.05, 0) is 37.6 Å². The lowest BCUT2D eigenvalue weighted by molar-refractivity contribution is -0.137. The first-order valence-corrected chi connectivity index (χ1v) is 10.4. The number of fused-ring (bicyclic) bond motifs is 1. The maximum Gasteiger partial charge on any atom is 0.416 e. The standard InChI is InChI=1S/C22H32F3N3/c23-22(24,25)18-11-12-19-20(13-16-28-21(19)17-18)27-15-10-8-6-4-2-1-3-5-7-9-14-26/h11-13,16-17H,1-10,14-15,26H2,(H,27,28). The molecule has 28 heavy (non-hydrogen) atoms. The molecule has 0 saturated carbocycles. The summed E-state index contributed by atoms with van der Waals surface area (Å²) in [5.41, 5.74) is 6.03. The Morgan fingerprint density at radius 3 is 2.04 bits per heavy atom. The van der Waals surface area contributed by atoms with Gasteiger partial charge in [0, 0.05) is 23.8 Å². The topological polar surface area (TPSA) is 50.9 Å². The highest BCUT2D eigenvalue weighted by Crippen LogP contribution is 2.32. The van der Waals surface area contributed by atoms with Gasteiger partial charge >= 0.3 is 6.18 Å². The van der Waals surface area contributed by atoms with Gasteiger partial charge in [-0.25, -0.2) is 0 Å². The molecule has 0 aliphatic rings. The molecule has 0 saturated heterocycles. The Morgan fingerprint density at radius 2 is 1.43 bits per heavy atom. The summed E-state index contributed by atoms with van der Waals surface area (Å²) in [5, 5.41) is 4.07. The van der Waals surface area contributed by atoms with Gasteiger partial charge in [-0.15, -0.1) is 0 Å². The summed E-state index contributed by atoms with van der Waals surface area (Å²) in [7, 11) is 0. The second-order valence-electron chi connectivity index (χ2n) is 7.34. The predicted molar refractivity (Wildman–Crippen MR) is 110 cm³/mol. The Morgan fingerprint density at radius 1 is 0.821 bits per heavy atom. The number of alkyl halides is 3. The van der Waals surface area contributed by atoms with E-state index in [4.69, 9.17) is 5.73 Å². The smallest absolute Gasteiger partial charge is 0.384 e. The number of hydrogen-bond donors (Lipinski definition) is 2. The molecular formula is C22H32F3N3. The van der Waals surface area contributed by atoms with Crippen molar-refractivity contribution in [3.8, 4) is 0 Å². The lowest BCUT2D eigenvalue weighted by Crippen LogP contribution is -2.06. The molecule has 0 spiro atoms. The fraction of sp³-hybridized carbons (Fsp3) is 0.591. The molecule has 6 heteroatoms. The van der Waals surface area contributed by atoms with Crippen LogP contribution in [0.25, 0.3) is 10.9 Å². The van der Waals surface area contributed by atoms with Crippen LogP contribution in [0.1, 0.15) is 69.8 Å². The van der Waals surface area contributed by atoms with Gasteiger partial charge in [0.05, 0.1) is 11.1 Å². The predicted octanol–water partition coefficient (Wildman–Crippen LogP) is 6.53. The highest BCUT2D eigenvalue weighted by molar-refractivity contribution is 5.91. The number of pyridine rings is 1. The Bertz CT molecular complexity index is 701. The van der Waals surface area contributed by atoms with E-state index in [2.05, 4.69) is 10.3 Å². The van der Waals surface area contributed by atoms with Gasteiger partial charge in [-0.2, -0.15) is 13.2 Å². The van der Waals surface area contributed by atoms with Crippen molar-refractivity contribution >= 4 is 16.6 Å². The monoisotopic (exact) mass is 395 g/mol. The van der Waals surface area contributed by atoms with Crippen LogP contribution < -0.4 is 11.1 Å². The van der Waals surface area contributed by atoms with Crippen molar-refractivity contribution < 1.29 is 13.2 Å². The molecule has 0 atom stereocenters. The Kier molecular flexibility index (Phi) is 9.55. The van der Waals surface area contributed by atoms with Gasteiger partial charge in [0.1, 0.15) is 0 Å². The highest BCUT2D eigenvalue weighted by atomic mass is 19.4. The first-order valence-electron chi connectivity index (χ1n) is 10.4. The van der Waals surface area contributed by atoms with E-state index in [0.717, 1.165) is 49.1 Å². The zero-order valence-electron chi connectivity index (χ0n) is 16.5. The minimum atomic E-state index is -4.34. The summed E-state index contributed by atoms with van der Waals surface area (Å²) in [6, 6.07) is 5.54. The molecule has 2 rings (SSSR count). The first-order chi connectivity index (χ1) is 13.5. The van der Waals surface area contributed by atoms with Crippen LogP contribution in [0.5, 0.6) is 0 Å². The van der Waals surface area contributed by atoms with E-state index in [-0.39, 0.29) is 0 Å². The lowest BCUT2D eigenvalue weighted by atomic mass is 10.1. The molecule has 0 unspecified atom stereocenters. The Balaban J connectivity index is 1.65. The molecule has 0 aliphatic carbocycles. The summed E-state index contributed by atoms with van der Waals surface area (Å²) in [6.07, 6.45) is 9.56. The largest absolute Gasteiger partial charge is 0.416 e. The number of unbranched alkanes of at least 4 members (excludes halogenated alkanes) is 9. The number of benzene rings is 1. The average molecular weight is 396 g/mol. The number of rotatable bonds is 13. The van der Waals surface area contributed by atoms with Crippen molar-refractivity contribution in [3.05, 3.63) is 36.0 Å². The van der Waals surface area contributed by atoms with Gasteiger partial charge in [-0.3, -0.25) is 4.98 Å². The number of nitrogens with zero attached hydrogens (tertiary/aromatic N) is 1. The fourth-order valence-corrected chi connectivity index (χ4v) is 3.39. The number of anilines is 1.